The average Bonchev–Trinajstić information content (AvgIpc) is 3.05. The van der Waals surface area contributed by atoms with Gasteiger partial charge in [0.05, 0.1) is 17.0 Å². The summed E-state index contributed by atoms with van der Waals surface area (Å²) in [4.78, 5) is 30.0. The number of carbonyl (C=O) groups is 1. The van der Waals surface area contributed by atoms with Crippen LogP contribution in [0.25, 0.3) is 11.4 Å². The first-order valence-corrected chi connectivity index (χ1v) is 7.56. The van der Waals surface area contributed by atoms with E-state index in [0.717, 1.165) is 0 Å². The molecule has 3 aromatic heterocycles. The molecule has 0 aliphatic heterocycles. The maximum atomic E-state index is 11.1. The number of aryl methyl sites for hydroxylation is 1. The first-order chi connectivity index (χ1) is 12.0. The molecule has 0 unspecified atom stereocenters. The van der Waals surface area contributed by atoms with Gasteiger partial charge in [0.1, 0.15) is 0 Å². The van der Waals surface area contributed by atoms with Gasteiger partial charge in [-0.2, -0.15) is 4.98 Å². The number of aromatic carboxylic acids is 1. The molecule has 0 bridgehead atoms. The second-order valence-corrected chi connectivity index (χ2v) is 5.38. The third kappa shape index (κ3) is 3.94. The van der Waals surface area contributed by atoms with Gasteiger partial charge in [-0.05, 0) is 18.2 Å². The summed E-state index contributed by atoms with van der Waals surface area (Å²) >= 11 is 0. The molecular weight excluding hydrogens is 324 g/mol. The number of hydrogen-bond donors (Lipinski definition) is 1. The zero-order chi connectivity index (χ0) is 17.8. The maximum absolute atomic E-state index is 11.1. The fourth-order valence-electron chi connectivity index (χ4n) is 2.19. The molecule has 25 heavy (non-hydrogen) atoms. The Hall–Kier alpha value is -3.36. The van der Waals surface area contributed by atoms with Crippen molar-refractivity contribution in [3.05, 3.63) is 47.9 Å². The number of rotatable bonds is 6. The number of pyridine rings is 1. The van der Waals surface area contributed by atoms with Crippen LogP contribution < -0.4 is 4.90 Å². The minimum Gasteiger partial charge on any atom is -0.478 e. The SMILES string of the molecule is Cc1nc(CCN(C)c2nccc(-c3cc(C(=O)O)ccn3)n2)no1. The summed E-state index contributed by atoms with van der Waals surface area (Å²) in [6.07, 6.45) is 3.65. The van der Waals surface area contributed by atoms with E-state index in [1.165, 1.54) is 18.3 Å². The third-order valence-electron chi connectivity index (χ3n) is 3.49. The van der Waals surface area contributed by atoms with Crippen LogP contribution in [-0.2, 0) is 6.42 Å². The van der Waals surface area contributed by atoms with Gasteiger partial charge in [-0.1, -0.05) is 5.16 Å². The van der Waals surface area contributed by atoms with E-state index < -0.39 is 5.97 Å². The van der Waals surface area contributed by atoms with Crippen molar-refractivity contribution in [1.29, 1.82) is 0 Å². The predicted octanol–water partition coefficient (Wildman–Crippen LogP) is 1.61. The van der Waals surface area contributed by atoms with Crippen molar-refractivity contribution in [2.45, 2.75) is 13.3 Å². The Kier molecular flexibility index (Phi) is 4.64. The zero-order valence-corrected chi connectivity index (χ0v) is 13.7. The largest absolute Gasteiger partial charge is 0.478 e. The molecule has 9 heteroatoms. The second kappa shape index (κ2) is 7.04. The monoisotopic (exact) mass is 340 g/mol. The van der Waals surface area contributed by atoms with Gasteiger partial charge < -0.3 is 14.5 Å². The van der Waals surface area contributed by atoms with Crippen LogP contribution in [0.15, 0.2) is 35.1 Å². The molecule has 3 rings (SSSR count). The molecule has 0 fully saturated rings. The maximum Gasteiger partial charge on any atom is 0.335 e. The highest BCUT2D eigenvalue weighted by Crippen LogP contribution is 2.17. The molecule has 0 saturated carbocycles. The highest BCUT2D eigenvalue weighted by Gasteiger charge is 2.11. The molecule has 0 radical (unpaired) electrons. The smallest absolute Gasteiger partial charge is 0.335 e. The van der Waals surface area contributed by atoms with Gasteiger partial charge in [0, 0.05) is 39.3 Å². The number of anilines is 1. The molecule has 9 nitrogen and oxygen atoms in total. The van der Waals surface area contributed by atoms with Crippen molar-refractivity contribution in [2.24, 2.45) is 0 Å². The average molecular weight is 340 g/mol. The molecule has 0 amide bonds. The third-order valence-corrected chi connectivity index (χ3v) is 3.49. The van der Waals surface area contributed by atoms with Gasteiger partial charge in [-0.3, -0.25) is 4.98 Å². The lowest BCUT2D eigenvalue weighted by molar-refractivity contribution is 0.0697. The van der Waals surface area contributed by atoms with E-state index in [9.17, 15) is 4.79 Å². The minimum atomic E-state index is -1.01. The van der Waals surface area contributed by atoms with Gasteiger partial charge in [0.25, 0.3) is 0 Å². The van der Waals surface area contributed by atoms with E-state index in [4.69, 9.17) is 9.63 Å². The summed E-state index contributed by atoms with van der Waals surface area (Å²) < 4.78 is 4.94. The van der Waals surface area contributed by atoms with Crippen molar-refractivity contribution >= 4 is 11.9 Å². The Labute approximate surface area is 143 Å². The van der Waals surface area contributed by atoms with Crippen molar-refractivity contribution in [1.82, 2.24) is 25.1 Å². The predicted molar refractivity (Wildman–Crippen MR) is 88.2 cm³/mol. The highest BCUT2D eigenvalue weighted by atomic mass is 16.5. The van der Waals surface area contributed by atoms with E-state index in [2.05, 4.69) is 25.1 Å². The number of nitrogens with zero attached hydrogens (tertiary/aromatic N) is 6. The zero-order valence-electron chi connectivity index (χ0n) is 13.7. The van der Waals surface area contributed by atoms with E-state index in [1.807, 2.05) is 11.9 Å². The molecule has 0 spiro atoms. The number of hydrogen-bond acceptors (Lipinski definition) is 8. The van der Waals surface area contributed by atoms with Crippen molar-refractivity contribution in [3.8, 4) is 11.4 Å². The van der Waals surface area contributed by atoms with E-state index in [1.54, 1.807) is 19.2 Å². The summed E-state index contributed by atoms with van der Waals surface area (Å²) in [5.74, 6) is 0.641. The number of carboxylic acid groups (broad SMARTS) is 1. The van der Waals surface area contributed by atoms with Crippen LogP contribution in [0.3, 0.4) is 0 Å². The van der Waals surface area contributed by atoms with Gasteiger partial charge in [-0.25, -0.2) is 14.8 Å². The Morgan fingerprint density at radius 1 is 1.20 bits per heavy atom. The first kappa shape index (κ1) is 16.5. The molecule has 128 valence electrons. The standard InChI is InChI=1S/C16H16N6O3/c1-10-19-14(21-25-10)5-8-22(2)16-18-7-4-12(20-16)13-9-11(15(23)24)3-6-17-13/h3-4,6-7,9H,5,8H2,1-2H3,(H,23,24). The van der Waals surface area contributed by atoms with E-state index >= 15 is 0 Å². The molecule has 0 atom stereocenters. The quantitative estimate of drug-likeness (QED) is 0.713. The van der Waals surface area contributed by atoms with Gasteiger partial charge in [0.15, 0.2) is 5.82 Å². The van der Waals surface area contributed by atoms with Crippen LogP contribution in [0, 0.1) is 6.92 Å². The van der Waals surface area contributed by atoms with Crippen molar-refractivity contribution < 1.29 is 14.4 Å². The van der Waals surface area contributed by atoms with Crippen LogP contribution in [0.4, 0.5) is 5.95 Å². The van der Waals surface area contributed by atoms with Crippen molar-refractivity contribution in [2.75, 3.05) is 18.5 Å². The van der Waals surface area contributed by atoms with Gasteiger partial charge in [-0.15, -0.1) is 0 Å². The Balaban J connectivity index is 1.76. The number of carboxylic acids is 1. The normalized spacial score (nSPS) is 10.6. The van der Waals surface area contributed by atoms with Gasteiger partial charge in [0.2, 0.25) is 11.8 Å². The van der Waals surface area contributed by atoms with E-state index in [0.29, 0.717) is 42.0 Å². The molecule has 0 aromatic carbocycles. The Morgan fingerprint density at radius 2 is 2.00 bits per heavy atom. The molecule has 1 N–H and O–H groups in total. The minimum absolute atomic E-state index is 0.158. The van der Waals surface area contributed by atoms with Crippen LogP contribution in [0.1, 0.15) is 22.1 Å². The number of aromatic nitrogens is 5. The van der Waals surface area contributed by atoms with E-state index in [-0.39, 0.29) is 5.56 Å². The molecule has 3 heterocycles. The van der Waals surface area contributed by atoms with Crippen LogP contribution in [0.2, 0.25) is 0 Å². The molecule has 0 aliphatic rings. The Bertz CT molecular complexity index is 895. The Morgan fingerprint density at radius 3 is 2.72 bits per heavy atom. The second-order valence-electron chi connectivity index (χ2n) is 5.38. The molecular formula is C16H16N6O3. The molecule has 0 saturated heterocycles. The lowest BCUT2D eigenvalue weighted by Crippen LogP contribution is -2.23. The summed E-state index contributed by atoms with van der Waals surface area (Å²) in [5.41, 5.74) is 1.19. The molecule has 0 aliphatic carbocycles. The highest BCUT2D eigenvalue weighted by molar-refractivity contribution is 5.88. The summed E-state index contributed by atoms with van der Waals surface area (Å²) in [5, 5.41) is 12.9. The van der Waals surface area contributed by atoms with Gasteiger partial charge >= 0.3 is 5.97 Å². The number of likely N-dealkylation sites (N-methyl/N-ethyl adjacent to an activating group) is 1. The summed E-state index contributed by atoms with van der Waals surface area (Å²) in [6, 6.07) is 4.61. The van der Waals surface area contributed by atoms with Crippen molar-refractivity contribution in [3.63, 3.8) is 0 Å². The summed E-state index contributed by atoms with van der Waals surface area (Å²) in [7, 11) is 1.85. The molecule has 3 aromatic rings. The lowest BCUT2D eigenvalue weighted by atomic mass is 10.2. The van der Waals surface area contributed by atoms with Crippen LogP contribution in [0.5, 0.6) is 0 Å². The van der Waals surface area contributed by atoms with Crippen LogP contribution >= 0.6 is 0 Å². The lowest BCUT2D eigenvalue weighted by Gasteiger charge is -2.16. The van der Waals surface area contributed by atoms with Crippen LogP contribution in [-0.4, -0.2) is 49.8 Å². The summed E-state index contributed by atoms with van der Waals surface area (Å²) in [6.45, 7) is 2.34. The fraction of sp³-hybridized carbons (Fsp3) is 0.250. The fourth-order valence-corrected chi connectivity index (χ4v) is 2.19. The topological polar surface area (TPSA) is 118 Å². The first-order valence-electron chi connectivity index (χ1n) is 7.56.